The number of rotatable bonds is 2. The molecule has 0 aliphatic heterocycles. The monoisotopic (exact) mass is 212 g/mol. The maximum Gasteiger partial charge on any atom is -0.0146 e. The zero-order valence-electron chi connectivity index (χ0n) is 10.6. The van der Waals surface area contributed by atoms with Crippen molar-refractivity contribution in [1.29, 1.82) is 0 Å². The summed E-state index contributed by atoms with van der Waals surface area (Å²) in [4.78, 5) is 0. The summed E-state index contributed by atoms with van der Waals surface area (Å²) < 4.78 is 0. The summed E-state index contributed by atoms with van der Waals surface area (Å²) in [7, 11) is 0. The van der Waals surface area contributed by atoms with Crippen molar-refractivity contribution < 1.29 is 0 Å². The van der Waals surface area contributed by atoms with Crippen molar-refractivity contribution in [3.8, 4) is 0 Å². The predicted octanol–water partition coefficient (Wildman–Crippen LogP) is 5.09. The fourth-order valence-electron chi connectivity index (χ4n) is 2.46. The smallest absolute Gasteiger partial charge is 0.0146 e. The standard InChI is InChI=1S/C16H20/c1-11(2)14-10-9-13-7-5-6-8-15(13)16(14)12(3)4/h5-12H,1-4H3. The summed E-state index contributed by atoms with van der Waals surface area (Å²) in [5.41, 5.74) is 3.02. The van der Waals surface area contributed by atoms with Crippen LogP contribution in [0.2, 0.25) is 0 Å². The Balaban J connectivity index is 2.79. The minimum atomic E-state index is 0.587. The lowest BCUT2D eigenvalue weighted by Crippen LogP contribution is -1.99. The minimum Gasteiger partial charge on any atom is -0.0616 e. The van der Waals surface area contributed by atoms with Gasteiger partial charge in [-0.1, -0.05) is 64.1 Å². The van der Waals surface area contributed by atoms with E-state index in [1.54, 1.807) is 0 Å². The van der Waals surface area contributed by atoms with Gasteiger partial charge in [-0.2, -0.15) is 0 Å². The van der Waals surface area contributed by atoms with Gasteiger partial charge in [-0.25, -0.2) is 0 Å². The fraction of sp³-hybridized carbons (Fsp3) is 0.375. The van der Waals surface area contributed by atoms with E-state index in [0.717, 1.165) is 0 Å². The van der Waals surface area contributed by atoms with Crippen LogP contribution in [0.3, 0.4) is 0 Å². The van der Waals surface area contributed by atoms with Crippen molar-refractivity contribution >= 4 is 10.8 Å². The second kappa shape index (κ2) is 4.29. The average molecular weight is 212 g/mol. The van der Waals surface area contributed by atoms with Crippen molar-refractivity contribution in [3.63, 3.8) is 0 Å². The molecule has 0 aromatic heterocycles. The van der Waals surface area contributed by atoms with Crippen molar-refractivity contribution in [2.75, 3.05) is 0 Å². The van der Waals surface area contributed by atoms with Crippen LogP contribution in [0, 0.1) is 0 Å². The zero-order chi connectivity index (χ0) is 11.7. The fourth-order valence-corrected chi connectivity index (χ4v) is 2.46. The molecule has 0 aliphatic rings. The highest BCUT2D eigenvalue weighted by Gasteiger charge is 2.12. The lowest BCUT2D eigenvalue weighted by atomic mass is 9.86. The van der Waals surface area contributed by atoms with E-state index in [0.29, 0.717) is 11.8 Å². The van der Waals surface area contributed by atoms with Crippen LogP contribution in [0.4, 0.5) is 0 Å². The van der Waals surface area contributed by atoms with Crippen molar-refractivity contribution in [3.05, 3.63) is 47.5 Å². The molecule has 0 saturated heterocycles. The van der Waals surface area contributed by atoms with Gasteiger partial charge >= 0.3 is 0 Å². The van der Waals surface area contributed by atoms with Gasteiger partial charge in [0.15, 0.2) is 0 Å². The Labute approximate surface area is 98.3 Å². The number of hydrogen-bond acceptors (Lipinski definition) is 0. The highest BCUT2D eigenvalue weighted by atomic mass is 14.2. The van der Waals surface area contributed by atoms with Crippen molar-refractivity contribution in [1.82, 2.24) is 0 Å². The summed E-state index contributed by atoms with van der Waals surface area (Å²) in [6, 6.07) is 13.2. The Bertz CT molecular complexity index is 492. The molecule has 0 N–H and O–H groups in total. The van der Waals surface area contributed by atoms with Gasteiger partial charge in [-0.3, -0.25) is 0 Å². The molecule has 2 aromatic rings. The van der Waals surface area contributed by atoms with E-state index in [1.807, 2.05) is 0 Å². The highest BCUT2D eigenvalue weighted by molar-refractivity contribution is 5.87. The van der Waals surface area contributed by atoms with Crippen molar-refractivity contribution in [2.45, 2.75) is 39.5 Å². The van der Waals surface area contributed by atoms with E-state index in [2.05, 4.69) is 64.1 Å². The molecule has 0 aliphatic carbocycles. The molecule has 0 amide bonds. The Morgan fingerprint density at radius 3 is 2.06 bits per heavy atom. The van der Waals surface area contributed by atoms with Gasteiger partial charge in [-0.05, 0) is 33.7 Å². The molecular weight excluding hydrogens is 192 g/mol. The SMILES string of the molecule is CC(C)c1ccc2ccccc2c1C(C)C. The first-order valence-corrected chi connectivity index (χ1v) is 6.12. The molecule has 0 radical (unpaired) electrons. The summed E-state index contributed by atoms with van der Waals surface area (Å²) in [6.07, 6.45) is 0. The molecule has 0 atom stereocenters. The molecule has 0 nitrogen and oxygen atoms in total. The van der Waals surface area contributed by atoms with Gasteiger partial charge in [0.05, 0.1) is 0 Å². The summed E-state index contributed by atoms with van der Waals surface area (Å²) >= 11 is 0. The molecule has 2 aromatic carbocycles. The van der Waals surface area contributed by atoms with Crippen molar-refractivity contribution in [2.24, 2.45) is 0 Å². The Kier molecular flexibility index (Phi) is 3.00. The van der Waals surface area contributed by atoms with Crippen LogP contribution in [0.5, 0.6) is 0 Å². The second-order valence-corrected chi connectivity index (χ2v) is 5.10. The molecule has 0 saturated carbocycles. The topological polar surface area (TPSA) is 0 Å². The van der Waals surface area contributed by atoms with E-state index in [-0.39, 0.29) is 0 Å². The van der Waals surface area contributed by atoms with Gasteiger partial charge in [-0.15, -0.1) is 0 Å². The Morgan fingerprint density at radius 1 is 0.750 bits per heavy atom. The third-order valence-corrected chi connectivity index (χ3v) is 3.20. The quantitative estimate of drug-likeness (QED) is 0.650. The molecule has 0 bridgehead atoms. The minimum absolute atomic E-state index is 0.587. The van der Waals surface area contributed by atoms with Crippen LogP contribution in [0.25, 0.3) is 10.8 Å². The van der Waals surface area contributed by atoms with Crippen LogP contribution >= 0.6 is 0 Å². The van der Waals surface area contributed by atoms with E-state index in [4.69, 9.17) is 0 Å². The number of fused-ring (bicyclic) bond motifs is 1. The first-order chi connectivity index (χ1) is 7.61. The Morgan fingerprint density at radius 2 is 1.44 bits per heavy atom. The molecule has 0 fully saturated rings. The first kappa shape index (κ1) is 11.2. The largest absolute Gasteiger partial charge is 0.0616 e. The zero-order valence-corrected chi connectivity index (χ0v) is 10.6. The predicted molar refractivity (Wildman–Crippen MR) is 72.1 cm³/mol. The third kappa shape index (κ3) is 1.84. The molecule has 16 heavy (non-hydrogen) atoms. The number of benzene rings is 2. The first-order valence-electron chi connectivity index (χ1n) is 6.12. The summed E-state index contributed by atoms with van der Waals surface area (Å²) in [5.74, 6) is 1.19. The van der Waals surface area contributed by atoms with E-state index in [9.17, 15) is 0 Å². The van der Waals surface area contributed by atoms with E-state index in [1.165, 1.54) is 21.9 Å². The van der Waals surface area contributed by atoms with Crippen LogP contribution in [0.1, 0.15) is 50.7 Å². The van der Waals surface area contributed by atoms with Crippen LogP contribution in [-0.4, -0.2) is 0 Å². The summed E-state index contributed by atoms with van der Waals surface area (Å²) in [6.45, 7) is 9.12. The van der Waals surface area contributed by atoms with Gasteiger partial charge in [0.25, 0.3) is 0 Å². The lowest BCUT2D eigenvalue weighted by Gasteiger charge is -2.18. The van der Waals surface area contributed by atoms with Crippen LogP contribution in [0.15, 0.2) is 36.4 Å². The van der Waals surface area contributed by atoms with E-state index < -0.39 is 0 Å². The maximum absolute atomic E-state index is 2.29. The molecular formula is C16H20. The van der Waals surface area contributed by atoms with Crippen LogP contribution < -0.4 is 0 Å². The molecule has 0 unspecified atom stereocenters. The molecule has 2 rings (SSSR count). The summed E-state index contributed by atoms with van der Waals surface area (Å²) in [5, 5.41) is 2.78. The maximum atomic E-state index is 2.29. The van der Waals surface area contributed by atoms with Gasteiger partial charge in [0, 0.05) is 0 Å². The number of hydrogen-bond donors (Lipinski definition) is 0. The lowest BCUT2D eigenvalue weighted by molar-refractivity contribution is 0.798. The van der Waals surface area contributed by atoms with E-state index >= 15 is 0 Å². The highest BCUT2D eigenvalue weighted by Crippen LogP contribution is 2.32. The second-order valence-electron chi connectivity index (χ2n) is 5.10. The molecule has 84 valence electrons. The molecule has 0 heterocycles. The van der Waals surface area contributed by atoms with Crippen LogP contribution in [-0.2, 0) is 0 Å². The van der Waals surface area contributed by atoms with Gasteiger partial charge < -0.3 is 0 Å². The van der Waals surface area contributed by atoms with Gasteiger partial charge in [0.2, 0.25) is 0 Å². The Hall–Kier alpha value is -1.30. The van der Waals surface area contributed by atoms with Gasteiger partial charge in [0.1, 0.15) is 0 Å². The normalized spacial score (nSPS) is 11.6. The average Bonchev–Trinajstić information content (AvgIpc) is 2.27. The molecule has 0 spiro atoms. The third-order valence-electron chi connectivity index (χ3n) is 3.20. The molecule has 0 heteroatoms.